The molecule has 0 aromatic heterocycles. The highest BCUT2D eigenvalue weighted by atomic mass is 16.6. The number of nitrogens with two attached hydrogens (primary N) is 2. The smallest absolute Gasteiger partial charge is 0.411 e. The first-order valence-electron chi connectivity index (χ1n) is 11.8. The molecule has 1 aromatic rings. The zero-order valence-corrected chi connectivity index (χ0v) is 21.3. The summed E-state index contributed by atoms with van der Waals surface area (Å²) in [5.41, 5.74) is 12.4. The number of hydrogen-bond donors (Lipinski definition) is 2. The maximum Gasteiger partial charge on any atom is 0.411 e. The van der Waals surface area contributed by atoms with Crippen molar-refractivity contribution in [2.24, 2.45) is 11.5 Å². The number of benzene rings is 1. The molecule has 2 aliphatic heterocycles. The van der Waals surface area contributed by atoms with Gasteiger partial charge in [0.05, 0.1) is 6.54 Å². The molecule has 3 atom stereocenters. The number of ether oxygens (including phenoxy) is 2. The van der Waals surface area contributed by atoms with Crippen molar-refractivity contribution < 1.29 is 28.7 Å². The molecule has 1 aromatic carbocycles. The fourth-order valence-electron chi connectivity index (χ4n) is 4.49. The van der Waals surface area contributed by atoms with E-state index in [0.29, 0.717) is 6.42 Å². The van der Waals surface area contributed by atoms with Gasteiger partial charge < -0.3 is 20.9 Å². The summed E-state index contributed by atoms with van der Waals surface area (Å²) < 4.78 is 11.0. The number of carbonyl (C=O) groups excluding carboxylic acids is 4. The van der Waals surface area contributed by atoms with E-state index in [1.807, 2.05) is 18.2 Å². The monoisotopic (exact) mass is 488 g/mol. The van der Waals surface area contributed by atoms with Crippen LogP contribution in [-0.2, 0) is 32.0 Å². The number of nitrogens with zero attached hydrogens (tertiary/aromatic N) is 2. The van der Waals surface area contributed by atoms with E-state index in [0.717, 1.165) is 16.7 Å². The van der Waals surface area contributed by atoms with Gasteiger partial charge >= 0.3 is 12.2 Å². The topological polar surface area (TPSA) is 145 Å². The van der Waals surface area contributed by atoms with E-state index < -0.39 is 47.3 Å². The minimum absolute atomic E-state index is 0.144. The lowest BCUT2D eigenvalue weighted by molar-refractivity contribution is -0.124. The normalized spacial score (nSPS) is 22.4. The molecule has 4 amide bonds. The van der Waals surface area contributed by atoms with Crippen LogP contribution in [0.5, 0.6) is 0 Å². The number of hydrogen-bond acceptors (Lipinski definition) is 6. The van der Waals surface area contributed by atoms with Crippen LogP contribution in [-0.4, -0.2) is 63.6 Å². The average molecular weight is 489 g/mol. The molecule has 1 saturated heterocycles. The molecular formula is C25H36N4O6. The molecule has 2 heterocycles. The van der Waals surface area contributed by atoms with E-state index in [1.54, 1.807) is 41.5 Å². The predicted molar refractivity (Wildman–Crippen MR) is 128 cm³/mol. The van der Waals surface area contributed by atoms with E-state index in [1.165, 1.54) is 9.80 Å². The highest BCUT2D eigenvalue weighted by molar-refractivity contribution is 5.86. The van der Waals surface area contributed by atoms with Crippen LogP contribution >= 0.6 is 0 Å². The highest BCUT2D eigenvalue weighted by Crippen LogP contribution is 2.35. The Hall–Kier alpha value is -3.30. The molecule has 4 N–H and O–H groups in total. The Kier molecular flexibility index (Phi) is 7.06. The largest absolute Gasteiger partial charge is 0.444 e. The number of carbonyl (C=O) groups is 4. The van der Waals surface area contributed by atoms with Crippen LogP contribution < -0.4 is 11.5 Å². The number of likely N-dealkylation sites (tertiary alicyclic amines) is 1. The molecule has 0 aliphatic carbocycles. The lowest BCUT2D eigenvalue weighted by Gasteiger charge is -2.36. The Bertz CT molecular complexity index is 1030. The van der Waals surface area contributed by atoms with Gasteiger partial charge in [-0.05, 0) is 64.7 Å². The third-order valence-electron chi connectivity index (χ3n) is 6.05. The van der Waals surface area contributed by atoms with Crippen molar-refractivity contribution in [3.8, 4) is 0 Å². The molecule has 0 radical (unpaired) electrons. The van der Waals surface area contributed by atoms with Crippen LogP contribution in [0.25, 0.3) is 0 Å². The second-order valence-corrected chi connectivity index (χ2v) is 11.2. The van der Waals surface area contributed by atoms with Crippen molar-refractivity contribution in [3.05, 3.63) is 34.9 Å². The Balaban J connectivity index is 1.86. The molecule has 1 fully saturated rings. The Labute approximate surface area is 205 Å². The number of rotatable bonds is 3. The van der Waals surface area contributed by atoms with Crippen molar-refractivity contribution in [1.82, 2.24) is 9.80 Å². The van der Waals surface area contributed by atoms with Gasteiger partial charge in [-0.15, -0.1) is 0 Å². The first-order valence-corrected chi connectivity index (χ1v) is 11.8. The Morgan fingerprint density at radius 2 is 1.37 bits per heavy atom. The molecule has 3 rings (SSSR count). The van der Waals surface area contributed by atoms with Gasteiger partial charge in [-0.1, -0.05) is 18.2 Å². The van der Waals surface area contributed by atoms with E-state index in [9.17, 15) is 19.2 Å². The molecular weight excluding hydrogens is 452 g/mol. The third-order valence-corrected chi connectivity index (χ3v) is 6.05. The van der Waals surface area contributed by atoms with Crippen LogP contribution in [0.2, 0.25) is 0 Å². The minimum Gasteiger partial charge on any atom is -0.444 e. The summed E-state index contributed by atoms with van der Waals surface area (Å²) >= 11 is 0. The summed E-state index contributed by atoms with van der Waals surface area (Å²) in [4.78, 5) is 52.5. The minimum atomic E-state index is -0.809. The van der Waals surface area contributed by atoms with Gasteiger partial charge in [-0.3, -0.25) is 19.4 Å². The molecule has 35 heavy (non-hydrogen) atoms. The number of amides is 4. The summed E-state index contributed by atoms with van der Waals surface area (Å²) in [5, 5.41) is 0. The van der Waals surface area contributed by atoms with Gasteiger partial charge in [0.1, 0.15) is 23.3 Å². The van der Waals surface area contributed by atoms with E-state index in [2.05, 4.69) is 0 Å². The van der Waals surface area contributed by atoms with Crippen LogP contribution in [0, 0.1) is 0 Å². The SMILES string of the molecule is CC(C)(C)OC(=O)N1Cc2cc(C3CC(C(N)=O)N(C(=O)OC(C)(C)C)C3)ccc2CC1C(N)=O. The fraction of sp³-hybridized carbons (Fsp3) is 0.600. The van der Waals surface area contributed by atoms with E-state index in [-0.39, 0.29) is 25.4 Å². The second kappa shape index (κ2) is 9.39. The predicted octanol–water partition coefficient (Wildman–Crippen LogP) is 2.41. The number of fused-ring (bicyclic) bond motifs is 1. The fourth-order valence-corrected chi connectivity index (χ4v) is 4.49. The van der Waals surface area contributed by atoms with Gasteiger partial charge in [0.25, 0.3) is 0 Å². The Morgan fingerprint density at radius 1 is 0.829 bits per heavy atom. The molecule has 0 spiro atoms. The van der Waals surface area contributed by atoms with Crippen LogP contribution in [0.4, 0.5) is 9.59 Å². The van der Waals surface area contributed by atoms with Crippen LogP contribution in [0.15, 0.2) is 18.2 Å². The lowest BCUT2D eigenvalue weighted by Crippen LogP contribution is -2.52. The maximum atomic E-state index is 12.8. The highest BCUT2D eigenvalue weighted by Gasteiger charge is 2.42. The molecule has 0 bridgehead atoms. The van der Waals surface area contributed by atoms with Crippen molar-refractivity contribution in [2.75, 3.05) is 6.54 Å². The van der Waals surface area contributed by atoms with Gasteiger partial charge in [0.2, 0.25) is 11.8 Å². The van der Waals surface area contributed by atoms with E-state index >= 15 is 0 Å². The summed E-state index contributed by atoms with van der Waals surface area (Å²) in [5.74, 6) is -1.33. The molecule has 0 saturated carbocycles. The van der Waals surface area contributed by atoms with Crippen molar-refractivity contribution in [2.45, 2.75) is 90.1 Å². The maximum absolute atomic E-state index is 12.8. The van der Waals surface area contributed by atoms with Crippen molar-refractivity contribution in [1.29, 1.82) is 0 Å². The first-order chi connectivity index (χ1) is 16.1. The lowest BCUT2D eigenvalue weighted by atomic mass is 9.88. The summed E-state index contributed by atoms with van der Waals surface area (Å²) in [7, 11) is 0. The summed E-state index contributed by atoms with van der Waals surface area (Å²) in [6.45, 7) is 11.0. The molecule has 3 unspecified atom stereocenters. The molecule has 2 aliphatic rings. The van der Waals surface area contributed by atoms with Gasteiger partial charge in [0, 0.05) is 18.9 Å². The van der Waals surface area contributed by atoms with Crippen LogP contribution in [0.1, 0.15) is 70.6 Å². The third kappa shape index (κ3) is 6.23. The van der Waals surface area contributed by atoms with Gasteiger partial charge in [-0.2, -0.15) is 0 Å². The van der Waals surface area contributed by atoms with Gasteiger partial charge in [0.15, 0.2) is 0 Å². The summed E-state index contributed by atoms with van der Waals surface area (Å²) in [6, 6.07) is 4.19. The van der Waals surface area contributed by atoms with E-state index in [4.69, 9.17) is 20.9 Å². The van der Waals surface area contributed by atoms with Gasteiger partial charge in [-0.25, -0.2) is 9.59 Å². The van der Waals surface area contributed by atoms with Crippen molar-refractivity contribution >= 4 is 24.0 Å². The molecule has 10 nitrogen and oxygen atoms in total. The average Bonchev–Trinajstić information content (AvgIpc) is 3.16. The summed E-state index contributed by atoms with van der Waals surface area (Å²) in [6.07, 6.45) is -0.541. The standard InChI is InChI=1S/C25H36N4O6/c1-24(2,3)34-22(32)28-12-16-9-14(7-8-15(16)10-18(28)20(26)30)17-11-19(21(27)31)29(13-17)23(33)35-25(4,5)6/h7-9,17-19H,10-13H2,1-6H3,(H2,26,30)(H2,27,31). The molecule has 10 heteroatoms. The quantitative estimate of drug-likeness (QED) is 0.668. The molecule has 192 valence electrons. The second-order valence-electron chi connectivity index (χ2n) is 11.2. The number of primary amides is 2. The first kappa shape index (κ1) is 26.3. The Morgan fingerprint density at radius 3 is 1.89 bits per heavy atom. The van der Waals surface area contributed by atoms with Crippen LogP contribution in [0.3, 0.4) is 0 Å². The zero-order valence-electron chi connectivity index (χ0n) is 21.3. The van der Waals surface area contributed by atoms with Crippen molar-refractivity contribution in [3.63, 3.8) is 0 Å². The zero-order chi connectivity index (χ0) is 26.3.